The van der Waals surface area contributed by atoms with Crippen LogP contribution in [-0.2, 0) is 4.79 Å². The van der Waals surface area contributed by atoms with Crippen molar-refractivity contribution in [3.63, 3.8) is 0 Å². The number of H-pyrrole nitrogens is 1. The van der Waals surface area contributed by atoms with E-state index in [0.717, 1.165) is 21.4 Å². The van der Waals surface area contributed by atoms with Gasteiger partial charge in [-0.05, 0) is 30.3 Å². The smallest absolute Gasteiger partial charge is 0.408 e. The Kier molecular flexibility index (Phi) is 5.50. The number of carbonyl (C=O) groups excluding carboxylic acids is 1. The number of carbonyl (C=O) groups is 2. The zero-order valence-corrected chi connectivity index (χ0v) is 19.0. The zero-order valence-electron chi connectivity index (χ0n) is 17.4. The summed E-state index contributed by atoms with van der Waals surface area (Å²) < 4.78 is 1.58. The van der Waals surface area contributed by atoms with E-state index >= 15 is 0 Å². The van der Waals surface area contributed by atoms with Crippen LogP contribution in [0.2, 0.25) is 10.0 Å². The molecule has 2 aromatic carbocycles. The van der Waals surface area contributed by atoms with Crippen LogP contribution in [-0.4, -0.2) is 59.8 Å². The van der Waals surface area contributed by atoms with E-state index < -0.39 is 18.0 Å². The molecule has 1 aliphatic rings. The molecule has 5 rings (SSSR count). The molecular weight excluding hydrogens is 483 g/mol. The number of nitrogens with two attached hydrogens (primary N) is 1. The number of aromatic amines is 1. The molecule has 0 radical (unpaired) electrons. The highest BCUT2D eigenvalue weighted by atomic mass is 35.5. The van der Waals surface area contributed by atoms with Gasteiger partial charge in [-0.25, -0.2) is 9.48 Å². The Morgan fingerprint density at radius 3 is 2.79 bits per heavy atom. The molecule has 0 aliphatic carbocycles. The number of carboxylic acid groups (broad SMARTS) is 1. The average molecular weight is 501 g/mol. The highest BCUT2D eigenvalue weighted by molar-refractivity contribution is 6.36. The van der Waals surface area contributed by atoms with Gasteiger partial charge in [0.2, 0.25) is 5.91 Å². The summed E-state index contributed by atoms with van der Waals surface area (Å²) in [6.45, 7) is 0.0840. The summed E-state index contributed by atoms with van der Waals surface area (Å²) in [5, 5.41) is 29.1. The van der Waals surface area contributed by atoms with E-state index in [1.807, 2.05) is 18.2 Å². The number of nitrogen functional groups attached to an aromatic ring is 1. The van der Waals surface area contributed by atoms with Crippen molar-refractivity contribution in [2.24, 2.45) is 0 Å². The van der Waals surface area contributed by atoms with Gasteiger partial charge in [-0.2, -0.15) is 5.10 Å². The monoisotopic (exact) mass is 500 g/mol. The number of amides is 2. The number of nitrogens with zero attached hydrogens (tertiary/aromatic N) is 5. The summed E-state index contributed by atoms with van der Waals surface area (Å²) in [4.78, 5) is 25.9. The first kappa shape index (κ1) is 22.0. The molecule has 1 fully saturated rings. The fourth-order valence-electron chi connectivity index (χ4n) is 4.06. The van der Waals surface area contributed by atoms with Gasteiger partial charge in [-0.3, -0.25) is 14.8 Å². The second-order valence-electron chi connectivity index (χ2n) is 7.91. The van der Waals surface area contributed by atoms with Crippen molar-refractivity contribution in [1.29, 1.82) is 0 Å². The van der Waals surface area contributed by atoms with Gasteiger partial charge in [0.25, 0.3) is 0 Å². The Morgan fingerprint density at radius 1 is 1.21 bits per heavy atom. The number of likely N-dealkylation sites (tertiary alicyclic amines) is 1. The van der Waals surface area contributed by atoms with Gasteiger partial charge < -0.3 is 16.2 Å². The van der Waals surface area contributed by atoms with Crippen LogP contribution < -0.4 is 11.1 Å². The van der Waals surface area contributed by atoms with E-state index in [9.17, 15) is 14.7 Å². The Morgan fingerprint density at radius 2 is 2.03 bits per heavy atom. The number of hydrogen-bond acceptors (Lipinski definition) is 6. The summed E-state index contributed by atoms with van der Waals surface area (Å²) in [7, 11) is 0. The van der Waals surface area contributed by atoms with Crippen LogP contribution in [0.5, 0.6) is 0 Å². The molecule has 1 saturated heterocycles. The molecule has 13 heteroatoms. The third-order valence-corrected chi connectivity index (χ3v) is 6.34. The number of aromatic nitrogens is 5. The summed E-state index contributed by atoms with van der Waals surface area (Å²) >= 11 is 12.0. The minimum Gasteiger partial charge on any atom is -0.465 e. The fourth-order valence-corrected chi connectivity index (χ4v) is 4.52. The van der Waals surface area contributed by atoms with E-state index in [2.05, 4.69) is 25.8 Å². The number of rotatable bonds is 4. The first-order valence-corrected chi connectivity index (χ1v) is 11.0. The van der Waals surface area contributed by atoms with Crippen molar-refractivity contribution in [2.45, 2.75) is 18.5 Å². The summed E-state index contributed by atoms with van der Waals surface area (Å²) in [5.74, 6) is -0.0779. The van der Waals surface area contributed by atoms with Crippen LogP contribution in [0.1, 0.15) is 12.5 Å². The van der Waals surface area contributed by atoms with E-state index in [1.54, 1.807) is 23.0 Å². The fraction of sp³-hybridized carbons (Fsp3) is 0.190. The number of anilines is 2. The van der Waals surface area contributed by atoms with Crippen molar-refractivity contribution in [3.05, 3.63) is 52.6 Å². The maximum absolute atomic E-state index is 12.9. The number of fused-ring (bicyclic) bond motifs is 1. The lowest BCUT2D eigenvalue weighted by Gasteiger charge is -2.20. The lowest BCUT2D eigenvalue weighted by molar-refractivity contribution is -0.119. The van der Waals surface area contributed by atoms with E-state index in [0.29, 0.717) is 22.2 Å². The van der Waals surface area contributed by atoms with Gasteiger partial charge >= 0.3 is 6.09 Å². The second kappa shape index (κ2) is 8.50. The molecule has 2 amide bonds. The normalized spacial score (nSPS) is 17.9. The molecular formula is C21H18Cl2N8O3. The molecule has 0 bridgehead atoms. The van der Waals surface area contributed by atoms with Crippen LogP contribution in [0.25, 0.3) is 22.2 Å². The van der Waals surface area contributed by atoms with Crippen molar-refractivity contribution >= 4 is 57.6 Å². The highest BCUT2D eigenvalue weighted by Crippen LogP contribution is 2.31. The van der Waals surface area contributed by atoms with Crippen molar-refractivity contribution in [2.75, 3.05) is 17.6 Å². The number of nitrogens with one attached hydrogen (secondary N) is 2. The lowest BCUT2D eigenvalue weighted by Crippen LogP contribution is -2.42. The van der Waals surface area contributed by atoms with Crippen molar-refractivity contribution in [1.82, 2.24) is 30.1 Å². The molecule has 34 heavy (non-hydrogen) atoms. The third-order valence-electron chi connectivity index (χ3n) is 5.79. The summed E-state index contributed by atoms with van der Waals surface area (Å²) in [5.41, 5.74) is 8.32. The SMILES string of the molecule is Nc1n[nH]c2cc(-c3cn(C4CC(C(=O)Nc5ccc(Cl)cc5Cl)N(C(=O)O)C4)nn3)ccc12. The lowest BCUT2D eigenvalue weighted by atomic mass is 10.1. The average Bonchev–Trinajstić information content (AvgIpc) is 3.54. The van der Waals surface area contributed by atoms with Crippen LogP contribution in [0.4, 0.5) is 16.3 Å². The first-order chi connectivity index (χ1) is 16.3. The molecule has 2 aromatic heterocycles. The molecule has 0 saturated carbocycles. The quantitative estimate of drug-likeness (QED) is 0.333. The number of benzene rings is 2. The minimum absolute atomic E-state index is 0.0840. The molecule has 3 heterocycles. The van der Waals surface area contributed by atoms with Gasteiger partial charge in [0.05, 0.1) is 28.5 Å². The van der Waals surface area contributed by atoms with Gasteiger partial charge in [0.15, 0.2) is 5.82 Å². The topological polar surface area (TPSA) is 155 Å². The summed E-state index contributed by atoms with van der Waals surface area (Å²) in [6, 6.07) is 8.90. The van der Waals surface area contributed by atoms with E-state index in [1.165, 1.54) is 6.07 Å². The molecule has 174 valence electrons. The molecule has 2 atom stereocenters. The predicted octanol–water partition coefficient (Wildman–Crippen LogP) is 3.64. The number of halogens is 2. The molecule has 11 nitrogen and oxygen atoms in total. The molecule has 5 N–H and O–H groups in total. The van der Waals surface area contributed by atoms with Crippen molar-refractivity contribution < 1.29 is 14.7 Å². The largest absolute Gasteiger partial charge is 0.465 e. The standard InChI is InChI=1S/C21H18Cl2N8O3/c22-11-2-4-15(14(23)6-11)25-20(32)18-7-12(8-30(18)21(33)34)31-9-17(27-29-31)10-1-3-13-16(5-10)26-28-19(13)24/h1-6,9,12,18H,7-8H2,(H,25,32)(H,33,34)(H3,24,26,28). The van der Waals surface area contributed by atoms with Gasteiger partial charge in [0, 0.05) is 28.9 Å². The second-order valence-corrected chi connectivity index (χ2v) is 8.75. The molecule has 0 spiro atoms. The van der Waals surface area contributed by atoms with Crippen LogP contribution in [0.3, 0.4) is 0 Å². The van der Waals surface area contributed by atoms with E-state index in [4.69, 9.17) is 28.9 Å². The Bertz CT molecular complexity index is 1420. The third kappa shape index (κ3) is 3.99. The van der Waals surface area contributed by atoms with Gasteiger partial charge in [0.1, 0.15) is 11.7 Å². The van der Waals surface area contributed by atoms with Gasteiger partial charge in [-0.15, -0.1) is 5.10 Å². The highest BCUT2D eigenvalue weighted by Gasteiger charge is 2.41. The van der Waals surface area contributed by atoms with E-state index in [-0.39, 0.29) is 24.0 Å². The minimum atomic E-state index is -1.20. The van der Waals surface area contributed by atoms with Crippen LogP contribution >= 0.6 is 23.2 Å². The van der Waals surface area contributed by atoms with Crippen LogP contribution in [0, 0.1) is 0 Å². The summed E-state index contributed by atoms with van der Waals surface area (Å²) in [6.07, 6.45) is 0.747. The Balaban J connectivity index is 1.36. The maximum atomic E-state index is 12.9. The number of hydrogen-bond donors (Lipinski definition) is 4. The predicted molar refractivity (Wildman–Crippen MR) is 127 cm³/mol. The van der Waals surface area contributed by atoms with Crippen LogP contribution in [0.15, 0.2) is 42.6 Å². The molecule has 2 unspecified atom stereocenters. The Hall–Kier alpha value is -3.83. The van der Waals surface area contributed by atoms with Gasteiger partial charge in [-0.1, -0.05) is 34.5 Å². The molecule has 1 aliphatic heterocycles. The molecule has 4 aromatic rings. The zero-order chi connectivity index (χ0) is 24.0. The van der Waals surface area contributed by atoms with Crippen molar-refractivity contribution in [3.8, 4) is 11.3 Å². The Labute approximate surface area is 202 Å². The first-order valence-electron chi connectivity index (χ1n) is 10.2. The maximum Gasteiger partial charge on any atom is 0.408 e.